The molecule has 0 saturated carbocycles. The van der Waals surface area contributed by atoms with E-state index in [0.717, 1.165) is 30.7 Å². The highest BCUT2D eigenvalue weighted by Crippen LogP contribution is 2.27. The lowest BCUT2D eigenvalue weighted by Gasteiger charge is -2.34. The molecule has 100 valence electrons. The molecule has 0 unspecified atom stereocenters. The Bertz CT molecular complexity index is 373. The quantitative estimate of drug-likeness (QED) is 0.822. The molecule has 2 rings (SSSR count). The van der Waals surface area contributed by atoms with Gasteiger partial charge in [-0.3, -0.25) is 0 Å². The summed E-state index contributed by atoms with van der Waals surface area (Å²) in [5, 5.41) is 0. The van der Waals surface area contributed by atoms with Crippen LogP contribution in [0.2, 0.25) is 0 Å². The van der Waals surface area contributed by atoms with Crippen LogP contribution < -0.4 is 9.64 Å². The monoisotopic (exact) mass is 249 g/mol. The highest BCUT2D eigenvalue weighted by atomic mass is 16.5. The van der Waals surface area contributed by atoms with Crippen molar-refractivity contribution >= 4 is 5.82 Å². The number of aromatic nitrogens is 2. The van der Waals surface area contributed by atoms with Crippen molar-refractivity contribution in [3.8, 4) is 5.88 Å². The third-order valence-corrected chi connectivity index (χ3v) is 3.73. The fourth-order valence-electron chi connectivity index (χ4n) is 2.52. The first kappa shape index (κ1) is 13.1. The molecule has 0 aromatic carbocycles. The maximum absolute atomic E-state index is 5.42. The van der Waals surface area contributed by atoms with E-state index in [1.807, 2.05) is 13.0 Å². The Morgan fingerprint density at radius 1 is 1.33 bits per heavy atom. The average molecular weight is 249 g/mol. The number of rotatable bonds is 4. The third-order valence-electron chi connectivity index (χ3n) is 3.73. The van der Waals surface area contributed by atoms with Crippen molar-refractivity contribution < 1.29 is 4.74 Å². The van der Waals surface area contributed by atoms with Crippen molar-refractivity contribution in [2.24, 2.45) is 11.8 Å². The Balaban J connectivity index is 1.98. The second-order valence-corrected chi connectivity index (χ2v) is 5.22. The summed E-state index contributed by atoms with van der Waals surface area (Å²) in [5.74, 6) is 3.31. The van der Waals surface area contributed by atoms with Crippen LogP contribution in [0.5, 0.6) is 5.88 Å². The molecule has 4 nitrogen and oxygen atoms in total. The van der Waals surface area contributed by atoms with Crippen LogP contribution in [-0.4, -0.2) is 29.7 Å². The fourth-order valence-corrected chi connectivity index (χ4v) is 2.52. The first-order valence-corrected chi connectivity index (χ1v) is 6.90. The summed E-state index contributed by atoms with van der Waals surface area (Å²) >= 11 is 0. The summed E-state index contributed by atoms with van der Waals surface area (Å²) in [6.45, 7) is 9.43. The van der Waals surface area contributed by atoms with E-state index >= 15 is 0 Å². The lowest BCUT2D eigenvalue weighted by atomic mass is 9.87. The molecule has 2 heterocycles. The van der Waals surface area contributed by atoms with Crippen LogP contribution in [-0.2, 0) is 0 Å². The Morgan fingerprint density at radius 2 is 2.06 bits per heavy atom. The molecule has 0 atom stereocenters. The highest BCUT2D eigenvalue weighted by Gasteiger charge is 2.22. The summed E-state index contributed by atoms with van der Waals surface area (Å²) in [4.78, 5) is 10.8. The zero-order valence-corrected chi connectivity index (χ0v) is 11.6. The number of nitrogens with zero attached hydrogens (tertiary/aromatic N) is 3. The minimum atomic E-state index is 0.645. The van der Waals surface area contributed by atoms with Gasteiger partial charge in [0.15, 0.2) is 0 Å². The van der Waals surface area contributed by atoms with Crippen molar-refractivity contribution in [1.82, 2.24) is 9.97 Å². The van der Waals surface area contributed by atoms with Gasteiger partial charge in [0, 0.05) is 19.2 Å². The standard InChI is InChI=1S/C14H23N3O/c1-4-18-14-9-13(15-10-16-14)17-7-5-12(6-8-17)11(2)3/h9-12H,4-8H2,1-3H3. The summed E-state index contributed by atoms with van der Waals surface area (Å²) in [6, 6.07) is 1.94. The van der Waals surface area contributed by atoms with E-state index in [0.29, 0.717) is 12.5 Å². The van der Waals surface area contributed by atoms with Gasteiger partial charge in [-0.2, -0.15) is 0 Å². The predicted molar refractivity (Wildman–Crippen MR) is 73.0 cm³/mol. The summed E-state index contributed by atoms with van der Waals surface area (Å²) in [7, 11) is 0. The second-order valence-electron chi connectivity index (χ2n) is 5.22. The highest BCUT2D eigenvalue weighted by molar-refractivity contribution is 5.41. The first-order valence-electron chi connectivity index (χ1n) is 6.90. The van der Waals surface area contributed by atoms with E-state index in [1.54, 1.807) is 6.33 Å². The number of anilines is 1. The lowest BCUT2D eigenvalue weighted by Crippen LogP contribution is -2.35. The average Bonchev–Trinajstić information content (AvgIpc) is 2.39. The maximum atomic E-state index is 5.42. The molecular formula is C14H23N3O. The lowest BCUT2D eigenvalue weighted by molar-refractivity contribution is 0.309. The van der Waals surface area contributed by atoms with Crippen LogP contribution in [0.4, 0.5) is 5.82 Å². The molecule has 1 aromatic heterocycles. The topological polar surface area (TPSA) is 38.2 Å². The molecule has 1 aliphatic heterocycles. The first-order chi connectivity index (χ1) is 8.70. The van der Waals surface area contributed by atoms with Crippen LogP contribution in [0, 0.1) is 11.8 Å². The van der Waals surface area contributed by atoms with Crippen LogP contribution >= 0.6 is 0 Å². The van der Waals surface area contributed by atoms with Gasteiger partial charge in [0.05, 0.1) is 6.61 Å². The van der Waals surface area contributed by atoms with Gasteiger partial charge in [-0.1, -0.05) is 13.8 Å². The van der Waals surface area contributed by atoms with Crippen molar-refractivity contribution in [1.29, 1.82) is 0 Å². The van der Waals surface area contributed by atoms with Crippen LogP contribution in [0.25, 0.3) is 0 Å². The van der Waals surface area contributed by atoms with Crippen LogP contribution in [0.3, 0.4) is 0 Å². The van der Waals surface area contributed by atoms with E-state index in [9.17, 15) is 0 Å². The largest absolute Gasteiger partial charge is 0.478 e. The van der Waals surface area contributed by atoms with Gasteiger partial charge in [-0.25, -0.2) is 9.97 Å². The number of ether oxygens (including phenoxy) is 1. The van der Waals surface area contributed by atoms with Crippen molar-refractivity contribution in [2.75, 3.05) is 24.6 Å². The van der Waals surface area contributed by atoms with Gasteiger partial charge in [0.1, 0.15) is 12.1 Å². The second kappa shape index (κ2) is 6.03. The molecular weight excluding hydrogens is 226 g/mol. The van der Waals surface area contributed by atoms with Crippen molar-refractivity contribution in [3.05, 3.63) is 12.4 Å². The van der Waals surface area contributed by atoms with Crippen molar-refractivity contribution in [3.63, 3.8) is 0 Å². The molecule has 0 N–H and O–H groups in total. The third kappa shape index (κ3) is 3.12. The van der Waals surface area contributed by atoms with Gasteiger partial charge in [-0.15, -0.1) is 0 Å². The van der Waals surface area contributed by atoms with E-state index in [1.165, 1.54) is 12.8 Å². The molecule has 0 bridgehead atoms. The number of piperidine rings is 1. The fraction of sp³-hybridized carbons (Fsp3) is 0.714. The Labute approximate surface area is 109 Å². The normalized spacial score (nSPS) is 17.2. The van der Waals surface area contributed by atoms with Gasteiger partial charge in [0.25, 0.3) is 0 Å². The maximum Gasteiger partial charge on any atom is 0.218 e. The Morgan fingerprint density at radius 3 is 2.67 bits per heavy atom. The smallest absolute Gasteiger partial charge is 0.218 e. The zero-order valence-electron chi connectivity index (χ0n) is 11.6. The van der Waals surface area contributed by atoms with Gasteiger partial charge >= 0.3 is 0 Å². The molecule has 1 fully saturated rings. The molecule has 1 saturated heterocycles. The van der Waals surface area contributed by atoms with E-state index < -0.39 is 0 Å². The molecule has 1 aromatic rings. The van der Waals surface area contributed by atoms with Gasteiger partial charge in [0.2, 0.25) is 5.88 Å². The minimum Gasteiger partial charge on any atom is -0.478 e. The summed E-state index contributed by atoms with van der Waals surface area (Å²) < 4.78 is 5.42. The minimum absolute atomic E-state index is 0.645. The molecule has 0 spiro atoms. The van der Waals surface area contributed by atoms with Gasteiger partial charge < -0.3 is 9.64 Å². The summed E-state index contributed by atoms with van der Waals surface area (Å²) in [5.41, 5.74) is 0. The molecule has 0 amide bonds. The molecule has 0 radical (unpaired) electrons. The molecule has 1 aliphatic rings. The predicted octanol–water partition coefficient (Wildman–Crippen LogP) is 2.75. The Hall–Kier alpha value is -1.32. The van der Waals surface area contributed by atoms with Crippen LogP contribution in [0.15, 0.2) is 12.4 Å². The molecule has 4 heteroatoms. The number of hydrogen-bond acceptors (Lipinski definition) is 4. The van der Waals surface area contributed by atoms with E-state index in [4.69, 9.17) is 4.74 Å². The molecule has 0 aliphatic carbocycles. The van der Waals surface area contributed by atoms with E-state index in [2.05, 4.69) is 28.7 Å². The summed E-state index contributed by atoms with van der Waals surface area (Å²) in [6.07, 6.45) is 4.10. The van der Waals surface area contributed by atoms with Crippen LogP contribution in [0.1, 0.15) is 33.6 Å². The zero-order chi connectivity index (χ0) is 13.0. The Kier molecular flexibility index (Phi) is 4.39. The van der Waals surface area contributed by atoms with Crippen molar-refractivity contribution in [2.45, 2.75) is 33.6 Å². The number of hydrogen-bond donors (Lipinski definition) is 0. The van der Waals surface area contributed by atoms with Gasteiger partial charge in [-0.05, 0) is 31.6 Å². The SMILES string of the molecule is CCOc1cc(N2CCC(C(C)C)CC2)ncn1. The molecule has 18 heavy (non-hydrogen) atoms. The van der Waals surface area contributed by atoms with E-state index in [-0.39, 0.29) is 0 Å².